The van der Waals surface area contributed by atoms with Gasteiger partial charge in [0.05, 0.1) is 24.5 Å². The summed E-state index contributed by atoms with van der Waals surface area (Å²) in [5, 5.41) is 21.5. The second-order valence-electron chi connectivity index (χ2n) is 10.8. The Morgan fingerprint density at radius 2 is 1.93 bits per heavy atom. The summed E-state index contributed by atoms with van der Waals surface area (Å²) in [7, 11) is 0. The Kier molecular flexibility index (Phi) is 6.11. The minimum absolute atomic E-state index is 0.106. The Balaban J connectivity index is 1.58. The van der Waals surface area contributed by atoms with Crippen LogP contribution in [-0.2, 0) is 0 Å². The number of aliphatic hydroxyl groups excluding tert-OH is 2. The Morgan fingerprint density at radius 1 is 1.13 bits per heavy atom. The molecule has 0 saturated heterocycles. The van der Waals surface area contributed by atoms with Gasteiger partial charge in [-0.3, -0.25) is 9.98 Å². The zero-order chi connectivity index (χ0) is 21.5. The van der Waals surface area contributed by atoms with Crippen molar-refractivity contribution in [3.05, 3.63) is 24.9 Å². The summed E-state index contributed by atoms with van der Waals surface area (Å²) in [6.45, 7) is 11.2. The van der Waals surface area contributed by atoms with Crippen LogP contribution in [0.25, 0.3) is 0 Å². The van der Waals surface area contributed by atoms with Crippen molar-refractivity contribution in [2.75, 3.05) is 6.54 Å². The molecule has 0 heterocycles. The normalized spacial score (nSPS) is 47.8. The molecule has 0 spiro atoms. The first-order chi connectivity index (χ1) is 14.3. The van der Waals surface area contributed by atoms with Crippen molar-refractivity contribution in [1.29, 1.82) is 0 Å². The second kappa shape index (κ2) is 8.35. The van der Waals surface area contributed by atoms with Crippen molar-refractivity contribution < 1.29 is 10.2 Å². The molecular weight excluding hydrogens is 372 g/mol. The highest BCUT2D eigenvalue weighted by molar-refractivity contribution is 6.00. The van der Waals surface area contributed by atoms with Gasteiger partial charge in [0.1, 0.15) is 0 Å². The fourth-order valence-electron chi connectivity index (χ4n) is 7.87. The van der Waals surface area contributed by atoms with Crippen LogP contribution in [0.1, 0.15) is 72.1 Å². The number of rotatable bonds is 4. The maximum absolute atomic E-state index is 11.3. The molecule has 166 valence electrons. The van der Waals surface area contributed by atoms with Crippen LogP contribution in [0.5, 0.6) is 0 Å². The summed E-state index contributed by atoms with van der Waals surface area (Å²) < 4.78 is 0. The van der Waals surface area contributed by atoms with Crippen LogP contribution in [-0.4, -0.2) is 40.4 Å². The fourth-order valence-corrected chi connectivity index (χ4v) is 7.87. The average molecular weight is 413 g/mol. The van der Waals surface area contributed by atoms with Gasteiger partial charge in [-0.1, -0.05) is 26.5 Å². The molecule has 8 atom stereocenters. The highest BCUT2D eigenvalue weighted by Crippen LogP contribution is 2.65. The maximum atomic E-state index is 11.3. The van der Waals surface area contributed by atoms with Crippen molar-refractivity contribution >= 4 is 11.4 Å². The largest absolute Gasteiger partial charge is 0.393 e. The van der Waals surface area contributed by atoms with Gasteiger partial charge >= 0.3 is 0 Å². The van der Waals surface area contributed by atoms with Gasteiger partial charge in [-0.05, 0) is 93.5 Å². The van der Waals surface area contributed by atoms with Gasteiger partial charge < -0.3 is 10.2 Å². The first-order valence-corrected chi connectivity index (χ1v) is 12.0. The minimum atomic E-state index is -0.233. The van der Waals surface area contributed by atoms with E-state index in [0.717, 1.165) is 44.2 Å². The fraction of sp³-hybridized carbons (Fsp3) is 0.769. The molecule has 0 amide bonds. The van der Waals surface area contributed by atoms with Crippen molar-refractivity contribution in [2.45, 2.75) is 84.3 Å². The van der Waals surface area contributed by atoms with Crippen LogP contribution in [0, 0.1) is 34.5 Å². The van der Waals surface area contributed by atoms with Crippen molar-refractivity contribution in [3.63, 3.8) is 0 Å². The molecule has 4 nitrogen and oxygen atoms in total. The minimum Gasteiger partial charge on any atom is -0.393 e. The quantitative estimate of drug-likeness (QED) is 0.641. The van der Waals surface area contributed by atoms with Gasteiger partial charge in [-0.25, -0.2) is 0 Å². The van der Waals surface area contributed by atoms with Gasteiger partial charge in [0.2, 0.25) is 0 Å². The topological polar surface area (TPSA) is 65.2 Å². The number of hydrogen-bond donors (Lipinski definition) is 2. The number of nitrogens with zero attached hydrogens (tertiary/aromatic N) is 2. The molecule has 0 radical (unpaired) electrons. The summed E-state index contributed by atoms with van der Waals surface area (Å²) in [4.78, 5) is 9.43. The van der Waals surface area contributed by atoms with E-state index in [9.17, 15) is 10.2 Å². The summed E-state index contributed by atoms with van der Waals surface area (Å²) in [5.74, 6) is 1.95. The number of allylic oxidation sites excluding steroid dienone is 1. The molecule has 4 fully saturated rings. The molecule has 4 aliphatic rings. The number of fused-ring (bicyclic) bond motifs is 5. The smallest absolute Gasteiger partial charge is 0.0811 e. The summed E-state index contributed by atoms with van der Waals surface area (Å²) in [5.41, 5.74) is 2.68. The Bertz CT molecular complexity index is 756. The third-order valence-corrected chi connectivity index (χ3v) is 9.44. The average Bonchev–Trinajstić information content (AvgIpc) is 3.04. The number of aliphatic hydroxyl groups is 2. The Labute approximate surface area is 182 Å². The van der Waals surface area contributed by atoms with E-state index in [2.05, 4.69) is 25.4 Å². The van der Waals surface area contributed by atoms with Crippen LogP contribution in [0.4, 0.5) is 0 Å². The van der Waals surface area contributed by atoms with Crippen LogP contribution in [0.2, 0.25) is 0 Å². The highest BCUT2D eigenvalue weighted by atomic mass is 16.3. The first-order valence-electron chi connectivity index (χ1n) is 12.0. The van der Waals surface area contributed by atoms with Crippen molar-refractivity contribution in [2.24, 2.45) is 44.5 Å². The van der Waals surface area contributed by atoms with Crippen LogP contribution >= 0.6 is 0 Å². The van der Waals surface area contributed by atoms with E-state index in [0.29, 0.717) is 30.2 Å². The van der Waals surface area contributed by atoms with E-state index < -0.39 is 0 Å². The molecule has 30 heavy (non-hydrogen) atoms. The molecule has 4 heteroatoms. The zero-order valence-corrected chi connectivity index (χ0v) is 19.1. The molecular formula is C26H40N2O2. The lowest BCUT2D eigenvalue weighted by molar-refractivity contribution is -0.162. The predicted octanol–water partition coefficient (Wildman–Crippen LogP) is 4.96. The van der Waals surface area contributed by atoms with Crippen LogP contribution in [0.3, 0.4) is 0 Å². The van der Waals surface area contributed by atoms with Gasteiger partial charge in [-0.2, -0.15) is 0 Å². The number of hydrogen-bond acceptors (Lipinski definition) is 4. The molecule has 2 N–H and O–H groups in total. The van der Waals surface area contributed by atoms with Crippen molar-refractivity contribution in [3.8, 4) is 0 Å². The molecule has 0 unspecified atom stereocenters. The monoisotopic (exact) mass is 412 g/mol. The first kappa shape index (κ1) is 22.0. The summed E-state index contributed by atoms with van der Waals surface area (Å²) in [6.07, 6.45) is 13.5. The third-order valence-electron chi connectivity index (χ3n) is 9.44. The number of aliphatic imine (C=N–C) groups is 2. The van der Waals surface area contributed by atoms with Gasteiger partial charge in [0.15, 0.2) is 0 Å². The Morgan fingerprint density at radius 3 is 2.67 bits per heavy atom. The summed E-state index contributed by atoms with van der Waals surface area (Å²) in [6, 6.07) is 0. The lowest BCUT2D eigenvalue weighted by Crippen LogP contribution is -2.58. The summed E-state index contributed by atoms with van der Waals surface area (Å²) >= 11 is 0. The van der Waals surface area contributed by atoms with E-state index in [1.54, 1.807) is 6.20 Å². The standard InChI is InChI=1S/C26H40N2O2/c1-5-7-18(27-6-2)16-28-23-9-8-20-24-21(11-13-26(20,23)4)25(3)12-10-19(29)14-17(25)15-22(24)30/h5-7,17,19-22,24,29-30H,2,8-16H2,1,3-4H3/b7-5-,27-18?,28-23?/t17-,19+,20-,21-,22+,24-,25-,26-/m0/s1. The Hall–Kier alpha value is -1.26. The molecule has 4 aliphatic carbocycles. The lowest BCUT2D eigenvalue weighted by Gasteiger charge is -2.61. The molecule has 0 aliphatic heterocycles. The van der Waals surface area contributed by atoms with Gasteiger partial charge in [0.25, 0.3) is 0 Å². The molecule has 0 aromatic carbocycles. The van der Waals surface area contributed by atoms with Crippen molar-refractivity contribution in [1.82, 2.24) is 0 Å². The lowest BCUT2D eigenvalue weighted by atomic mass is 9.44. The third kappa shape index (κ3) is 3.54. The van der Waals surface area contributed by atoms with E-state index in [-0.39, 0.29) is 23.0 Å². The SMILES string of the molecule is C=CN=C(/C=C\C)CN=C1CC[C@H]2[C@@H]3[C@H](O)C[C@@H]4C[C@H](O)CC[C@]4(C)[C@H]3CC[C@]12C. The van der Waals surface area contributed by atoms with Gasteiger partial charge in [0, 0.05) is 17.3 Å². The van der Waals surface area contributed by atoms with Crippen LogP contribution in [0.15, 0.2) is 34.9 Å². The van der Waals surface area contributed by atoms with E-state index in [1.807, 2.05) is 19.1 Å². The second-order valence-corrected chi connectivity index (χ2v) is 10.8. The molecule has 4 saturated carbocycles. The predicted molar refractivity (Wildman–Crippen MR) is 124 cm³/mol. The molecule has 0 aromatic rings. The zero-order valence-electron chi connectivity index (χ0n) is 19.1. The van der Waals surface area contributed by atoms with Gasteiger partial charge in [-0.15, -0.1) is 0 Å². The molecule has 0 aromatic heterocycles. The van der Waals surface area contributed by atoms with E-state index in [4.69, 9.17) is 4.99 Å². The van der Waals surface area contributed by atoms with E-state index in [1.165, 1.54) is 18.6 Å². The maximum Gasteiger partial charge on any atom is 0.0811 e. The van der Waals surface area contributed by atoms with E-state index >= 15 is 0 Å². The van der Waals surface area contributed by atoms with Crippen LogP contribution < -0.4 is 0 Å². The molecule has 4 rings (SSSR count). The highest BCUT2D eigenvalue weighted by Gasteiger charge is 2.61. The molecule has 0 bridgehead atoms.